The van der Waals surface area contributed by atoms with Gasteiger partial charge in [-0.3, -0.25) is 24.7 Å². The summed E-state index contributed by atoms with van der Waals surface area (Å²) in [5, 5.41) is 26.9. The molecule has 5 aliphatic heterocycles. The van der Waals surface area contributed by atoms with Crippen molar-refractivity contribution in [2.45, 2.75) is 113 Å². The number of benzene rings is 3. The van der Waals surface area contributed by atoms with Gasteiger partial charge in [0, 0.05) is 107 Å². The highest BCUT2D eigenvalue weighted by molar-refractivity contribution is 7.90. The predicted octanol–water partition coefficient (Wildman–Crippen LogP) is 8.73. The van der Waals surface area contributed by atoms with Crippen LogP contribution in [0.3, 0.4) is 0 Å². The third kappa shape index (κ3) is 11.3. The lowest BCUT2D eigenvalue weighted by molar-refractivity contribution is -0.384. The predicted molar refractivity (Wildman–Crippen MR) is 328 cm³/mol. The van der Waals surface area contributed by atoms with Crippen LogP contribution in [0, 0.1) is 34.3 Å². The summed E-state index contributed by atoms with van der Waals surface area (Å²) < 4.78 is 55.0. The first-order valence-electron chi connectivity index (χ1n) is 30.7. The number of hydrogen-bond donors (Lipinski definition) is 4. The summed E-state index contributed by atoms with van der Waals surface area (Å²) in [5.74, 6) is 1.79. The van der Waals surface area contributed by atoms with Crippen molar-refractivity contribution in [1.82, 2.24) is 29.5 Å². The fourth-order valence-electron chi connectivity index (χ4n) is 15.0. The molecule has 456 valence electrons. The Morgan fingerprint density at radius 1 is 0.907 bits per heavy atom. The van der Waals surface area contributed by atoms with Crippen LogP contribution in [0.25, 0.3) is 11.0 Å². The van der Waals surface area contributed by atoms with Crippen molar-refractivity contribution in [3.05, 3.63) is 124 Å². The Labute approximate surface area is 502 Å². The molecule has 0 bridgehead atoms. The fourth-order valence-corrected chi connectivity index (χ4v) is 15.9. The lowest BCUT2D eigenvalue weighted by atomic mass is 9.53. The maximum absolute atomic E-state index is 14.9. The van der Waals surface area contributed by atoms with Gasteiger partial charge in [-0.05, 0) is 148 Å². The molecule has 6 aromatic rings. The Morgan fingerprint density at radius 3 is 2.48 bits per heavy atom. The number of carbonyl (C=O) groups is 1. The van der Waals surface area contributed by atoms with Crippen LogP contribution < -0.4 is 34.2 Å². The van der Waals surface area contributed by atoms with Crippen molar-refractivity contribution < 1.29 is 42.2 Å². The first kappa shape index (κ1) is 58.0. The minimum Gasteiger partial charge on any atom is -0.493 e. The summed E-state index contributed by atoms with van der Waals surface area (Å²) in [7, 11) is -2.93. The number of nitrogens with one attached hydrogen (secondary N) is 3. The second-order valence-corrected chi connectivity index (χ2v) is 27.0. The Balaban J connectivity index is 0.745. The van der Waals surface area contributed by atoms with E-state index in [4.69, 9.17) is 28.9 Å². The fraction of sp³-hybridized carbons (Fsp3) is 0.516. The van der Waals surface area contributed by atoms with Gasteiger partial charge in [-0.2, -0.15) is 4.98 Å². The van der Waals surface area contributed by atoms with Crippen LogP contribution in [0.4, 0.5) is 34.3 Å². The van der Waals surface area contributed by atoms with Gasteiger partial charge in [0.15, 0.2) is 11.6 Å². The number of ether oxygens (including phenoxy) is 4. The number of carbonyl (C=O) groups excluding carboxylic acids is 1. The number of aromatic nitrogens is 3. The number of H-pyrrole nitrogens is 1. The van der Waals surface area contributed by atoms with Gasteiger partial charge < -0.3 is 49.1 Å². The van der Waals surface area contributed by atoms with Crippen LogP contribution in [0.1, 0.15) is 98.3 Å². The topological polar surface area (TPSA) is 233 Å². The lowest BCUT2D eigenvalue weighted by Gasteiger charge is -2.62. The Morgan fingerprint density at radius 2 is 1.71 bits per heavy atom. The minimum absolute atomic E-state index is 0.106. The van der Waals surface area contributed by atoms with Crippen molar-refractivity contribution in [2.24, 2.45) is 17.3 Å². The molecule has 3 aromatic carbocycles. The van der Waals surface area contributed by atoms with Gasteiger partial charge in [0.2, 0.25) is 5.88 Å². The van der Waals surface area contributed by atoms with Crippen LogP contribution in [0.15, 0.2) is 96.2 Å². The van der Waals surface area contributed by atoms with Gasteiger partial charge in [-0.25, -0.2) is 18.1 Å². The number of morpholine rings is 1. The number of fused-ring (bicyclic) bond motifs is 3. The van der Waals surface area contributed by atoms with E-state index < -0.39 is 43.1 Å². The quantitative estimate of drug-likeness (QED) is 0.0556. The smallest absolute Gasteiger partial charge is 0.293 e. The van der Waals surface area contributed by atoms with Crippen molar-refractivity contribution >= 4 is 61.2 Å². The standard InChI is InChI=1S/C64H79N11O10S/c1-41-7-5-6-8-48(41)56-39-70(38-44-31-57(82-4)60(67-37-44)72-26-29-83-30-27-72)24-25-73(56)55-35-64(42(55)2)19-22-71(23-20-64)46-9-11-49(52(33-46)74-51-16-28-84-40-58(51)85-62-54(74)32-45-15-21-65-59(45)68-62)61(76)69-86(80,81)47-10-12-50(53(34-47)75(78)79)66-36-43-13-17-63(3,77)18-14-43/h5-12,15,21,31-34,37,42-43,51,55-56,58,66,77H,13-14,16-20,22-30,35-36,38-40H2,1-4H3,(H,65,68)(H,69,76)/t42-,43?,51-,55-,56-,58-,63?/m0/s1. The third-order valence-corrected chi connectivity index (χ3v) is 21.5. The van der Waals surface area contributed by atoms with Crippen LogP contribution >= 0.6 is 0 Å². The molecular weight excluding hydrogens is 1110 g/mol. The molecule has 5 atom stereocenters. The number of rotatable bonds is 15. The third-order valence-electron chi connectivity index (χ3n) is 20.1. The molecular formula is C64H79N11O10S. The van der Waals surface area contributed by atoms with Crippen molar-refractivity contribution in [3.8, 4) is 11.6 Å². The highest BCUT2D eigenvalue weighted by Gasteiger charge is 2.55. The summed E-state index contributed by atoms with van der Waals surface area (Å²) in [4.78, 5) is 51.4. The molecule has 7 aliphatic rings. The van der Waals surface area contributed by atoms with E-state index in [2.05, 4.69) is 83.7 Å². The summed E-state index contributed by atoms with van der Waals surface area (Å²) in [6.45, 7) is 15.8. The molecule has 0 unspecified atom stereocenters. The number of anilines is 5. The second-order valence-electron chi connectivity index (χ2n) is 25.3. The molecule has 4 saturated heterocycles. The molecule has 8 heterocycles. The molecule has 86 heavy (non-hydrogen) atoms. The van der Waals surface area contributed by atoms with Crippen LogP contribution in [0.5, 0.6) is 11.6 Å². The van der Waals surface area contributed by atoms with Gasteiger partial charge in [0.1, 0.15) is 23.1 Å². The molecule has 2 saturated carbocycles. The Bertz CT molecular complexity index is 3610. The number of nitrogens with zero attached hydrogens (tertiary/aromatic N) is 8. The molecule has 0 radical (unpaired) electrons. The van der Waals surface area contributed by atoms with Crippen molar-refractivity contribution in [1.29, 1.82) is 0 Å². The van der Waals surface area contributed by atoms with E-state index >= 15 is 0 Å². The Hall–Kier alpha value is -7.08. The van der Waals surface area contributed by atoms with E-state index in [0.717, 1.165) is 119 Å². The number of piperidine rings is 1. The SMILES string of the molecule is COc1cc(CN2CCN([C@H]3CC4(CCN(c5ccc(C(=O)NS(=O)(=O)c6ccc(NCC7CCC(C)(O)CC7)c([N+](=O)[O-])c6)c(N6c7cc8cc[nH]c8nc7O[C@H]7COCC[C@@H]76)c5)CC4)[C@H]3C)[C@H](c3ccccc3C)C2)cnc1N1CCOCC1. The van der Waals surface area contributed by atoms with E-state index in [1.165, 1.54) is 23.3 Å². The second kappa shape index (κ2) is 23.5. The van der Waals surface area contributed by atoms with Gasteiger partial charge in [-0.1, -0.05) is 31.2 Å². The maximum atomic E-state index is 14.9. The number of aliphatic hydroxyl groups is 1. The van der Waals surface area contributed by atoms with E-state index in [0.29, 0.717) is 87.1 Å². The van der Waals surface area contributed by atoms with E-state index in [9.17, 15) is 28.4 Å². The van der Waals surface area contributed by atoms with Crippen molar-refractivity contribution in [2.75, 3.05) is 106 Å². The number of nitro benzene ring substituents is 1. The molecule has 3 aromatic heterocycles. The minimum atomic E-state index is -4.65. The van der Waals surface area contributed by atoms with E-state index in [1.54, 1.807) is 13.2 Å². The molecule has 2 aliphatic carbocycles. The monoisotopic (exact) mass is 1190 g/mol. The number of amides is 1. The molecule has 6 fully saturated rings. The Kier molecular flexibility index (Phi) is 15.9. The first-order chi connectivity index (χ1) is 41.5. The van der Waals surface area contributed by atoms with Gasteiger partial charge in [0.25, 0.3) is 21.6 Å². The number of hydrogen-bond acceptors (Lipinski definition) is 18. The number of nitro groups is 1. The number of pyridine rings is 2. The lowest BCUT2D eigenvalue weighted by Crippen LogP contribution is -2.64. The van der Waals surface area contributed by atoms with Gasteiger partial charge >= 0.3 is 0 Å². The number of piperazine rings is 1. The molecule has 13 rings (SSSR count). The average molecular weight is 1190 g/mol. The first-order valence-corrected chi connectivity index (χ1v) is 32.1. The summed E-state index contributed by atoms with van der Waals surface area (Å²) in [6.07, 6.45) is 9.80. The van der Waals surface area contributed by atoms with Crippen LogP contribution in [0.2, 0.25) is 0 Å². The summed E-state index contributed by atoms with van der Waals surface area (Å²) in [5.41, 5.74) is 5.77. The number of aromatic amines is 1. The molecule has 4 N–H and O–H groups in total. The molecule has 21 nitrogen and oxygen atoms in total. The van der Waals surface area contributed by atoms with Crippen LogP contribution in [-0.2, 0) is 26.0 Å². The zero-order valence-electron chi connectivity index (χ0n) is 49.6. The normalized spacial score (nSPS) is 26.1. The average Bonchev–Trinajstić information content (AvgIpc) is 1.08. The number of aryl methyl sites for hydroxylation is 1. The zero-order chi connectivity index (χ0) is 59.5. The molecule has 1 spiro atoms. The number of sulfonamides is 1. The van der Waals surface area contributed by atoms with E-state index in [-0.39, 0.29) is 34.7 Å². The van der Waals surface area contributed by atoms with Gasteiger partial charge in [-0.15, -0.1) is 0 Å². The zero-order valence-corrected chi connectivity index (χ0v) is 50.4. The largest absolute Gasteiger partial charge is 0.493 e. The van der Waals surface area contributed by atoms with Crippen molar-refractivity contribution in [3.63, 3.8) is 0 Å². The summed E-state index contributed by atoms with van der Waals surface area (Å²) in [6, 6.07) is 24.5. The van der Waals surface area contributed by atoms with Gasteiger partial charge in [0.05, 0.1) is 59.6 Å². The molecule has 22 heteroatoms. The van der Waals surface area contributed by atoms with E-state index in [1.807, 2.05) is 43.6 Å². The molecule has 1 amide bonds. The highest BCUT2D eigenvalue weighted by atomic mass is 32.2. The number of methoxy groups -OCH3 is 1. The summed E-state index contributed by atoms with van der Waals surface area (Å²) >= 11 is 0. The van der Waals surface area contributed by atoms with Crippen LogP contribution in [-0.4, -0.2) is 159 Å². The maximum Gasteiger partial charge on any atom is 0.293 e. The highest BCUT2D eigenvalue weighted by Crippen LogP contribution is 2.57.